The summed E-state index contributed by atoms with van der Waals surface area (Å²) in [5.74, 6) is 0.0137. The van der Waals surface area contributed by atoms with Gasteiger partial charge in [-0.1, -0.05) is 0 Å². The van der Waals surface area contributed by atoms with Crippen LogP contribution in [0, 0.1) is 10.1 Å². The number of likely N-dealkylation sites (tertiary alicyclic amines) is 1. The van der Waals surface area contributed by atoms with Gasteiger partial charge in [0.15, 0.2) is 0 Å². The summed E-state index contributed by atoms with van der Waals surface area (Å²) in [5.41, 5.74) is 6.35. The fraction of sp³-hybridized carbons (Fsp3) is 0.500. The number of anilines is 2. The first-order valence-electron chi connectivity index (χ1n) is 7.07. The van der Waals surface area contributed by atoms with Crippen LogP contribution < -0.4 is 11.1 Å². The molecule has 1 amide bonds. The van der Waals surface area contributed by atoms with Gasteiger partial charge in [0, 0.05) is 36.6 Å². The largest absolute Gasteiger partial charge is 0.398 e. The molecule has 1 heterocycles. The second-order valence-electron chi connectivity index (χ2n) is 5.32. The van der Waals surface area contributed by atoms with Gasteiger partial charge in [-0.3, -0.25) is 14.9 Å². The lowest BCUT2D eigenvalue weighted by Crippen LogP contribution is -2.43. The first-order valence-corrected chi connectivity index (χ1v) is 7.07. The number of rotatable bonds is 4. The van der Waals surface area contributed by atoms with Crippen LogP contribution in [0.4, 0.5) is 17.1 Å². The van der Waals surface area contributed by atoms with Crippen LogP contribution in [-0.4, -0.2) is 34.9 Å². The number of carbonyl (C=O) groups excluding carboxylic acids is 1. The SMILES string of the molecule is CC(Nc1cc(N)cc([N+](=O)[O-])c1)C(=O)N1CCCCC1. The highest BCUT2D eigenvalue weighted by atomic mass is 16.6. The van der Waals surface area contributed by atoms with Crippen molar-refractivity contribution in [1.82, 2.24) is 4.90 Å². The number of hydrogen-bond donors (Lipinski definition) is 2. The summed E-state index contributed by atoms with van der Waals surface area (Å²) in [4.78, 5) is 24.5. The van der Waals surface area contributed by atoms with E-state index in [1.54, 1.807) is 13.0 Å². The van der Waals surface area contributed by atoms with Crippen LogP contribution >= 0.6 is 0 Å². The third-order valence-electron chi connectivity index (χ3n) is 3.57. The Balaban J connectivity index is 2.06. The fourth-order valence-corrected chi connectivity index (χ4v) is 2.52. The lowest BCUT2D eigenvalue weighted by Gasteiger charge is -2.29. The Morgan fingerprint density at radius 2 is 2.00 bits per heavy atom. The summed E-state index contributed by atoms with van der Waals surface area (Å²) in [7, 11) is 0. The molecule has 0 aromatic heterocycles. The minimum Gasteiger partial charge on any atom is -0.398 e. The van der Waals surface area contributed by atoms with Crippen molar-refractivity contribution in [3.05, 3.63) is 28.3 Å². The fourth-order valence-electron chi connectivity index (χ4n) is 2.52. The number of nitro benzene ring substituents is 1. The molecule has 1 aromatic rings. The van der Waals surface area contributed by atoms with E-state index in [4.69, 9.17) is 5.73 Å². The van der Waals surface area contributed by atoms with Crippen molar-refractivity contribution in [3.8, 4) is 0 Å². The van der Waals surface area contributed by atoms with Gasteiger partial charge in [0.25, 0.3) is 5.69 Å². The van der Waals surface area contributed by atoms with Crippen molar-refractivity contribution in [3.63, 3.8) is 0 Å². The van der Waals surface area contributed by atoms with Gasteiger partial charge in [0.05, 0.1) is 4.92 Å². The molecule has 2 rings (SSSR count). The lowest BCUT2D eigenvalue weighted by atomic mass is 10.1. The molecule has 0 bridgehead atoms. The Kier molecular flexibility index (Phi) is 4.62. The number of piperidine rings is 1. The number of benzene rings is 1. The zero-order chi connectivity index (χ0) is 15.4. The maximum Gasteiger partial charge on any atom is 0.273 e. The van der Waals surface area contributed by atoms with Crippen LogP contribution in [0.5, 0.6) is 0 Å². The molecular weight excluding hydrogens is 272 g/mol. The van der Waals surface area contributed by atoms with Gasteiger partial charge >= 0.3 is 0 Å². The Bertz CT molecular complexity index is 541. The zero-order valence-corrected chi connectivity index (χ0v) is 12.0. The molecule has 0 aliphatic carbocycles. The third-order valence-corrected chi connectivity index (χ3v) is 3.57. The summed E-state index contributed by atoms with van der Waals surface area (Å²) < 4.78 is 0. The highest BCUT2D eigenvalue weighted by Crippen LogP contribution is 2.23. The molecular formula is C14H20N4O3. The van der Waals surface area contributed by atoms with Gasteiger partial charge in [0.1, 0.15) is 6.04 Å². The van der Waals surface area contributed by atoms with E-state index in [0.717, 1.165) is 32.4 Å². The summed E-state index contributed by atoms with van der Waals surface area (Å²) in [5, 5.41) is 13.8. The number of nitrogen functional groups attached to an aromatic ring is 1. The molecule has 0 radical (unpaired) electrons. The predicted molar refractivity (Wildman–Crippen MR) is 81.0 cm³/mol. The molecule has 7 nitrogen and oxygen atoms in total. The minimum atomic E-state index is -0.501. The van der Waals surface area contributed by atoms with Crippen LogP contribution in [0.25, 0.3) is 0 Å². The number of nitrogens with zero attached hydrogens (tertiary/aromatic N) is 2. The number of carbonyl (C=O) groups is 1. The Hall–Kier alpha value is -2.31. The number of nitrogens with one attached hydrogen (secondary N) is 1. The summed E-state index contributed by atoms with van der Waals surface area (Å²) in [6, 6.07) is 3.83. The first kappa shape index (κ1) is 15.1. The molecule has 1 fully saturated rings. The summed E-state index contributed by atoms with van der Waals surface area (Å²) >= 11 is 0. The second-order valence-corrected chi connectivity index (χ2v) is 5.32. The van der Waals surface area contributed by atoms with E-state index in [1.807, 2.05) is 4.90 Å². The molecule has 1 saturated heterocycles. The Morgan fingerprint density at radius 1 is 1.33 bits per heavy atom. The molecule has 1 aliphatic heterocycles. The molecule has 21 heavy (non-hydrogen) atoms. The van der Waals surface area contributed by atoms with Crippen LogP contribution in [0.1, 0.15) is 26.2 Å². The van der Waals surface area contributed by atoms with Crippen LogP contribution in [0.3, 0.4) is 0 Å². The topological polar surface area (TPSA) is 101 Å². The molecule has 3 N–H and O–H groups in total. The molecule has 1 aliphatic rings. The first-order chi connectivity index (χ1) is 9.97. The number of nitro groups is 1. The van der Waals surface area contributed by atoms with E-state index in [1.165, 1.54) is 12.1 Å². The van der Waals surface area contributed by atoms with Crippen molar-refractivity contribution >= 4 is 23.0 Å². The van der Waals surface area contributed by atoms with E-state index in [2.05, 4.69) is 5.32 Å². The molecule has 7 heteroatoms. The molecule has 1 aromatic carbocycles. The third kappa shape index (κ3) is 3.84. The lowest BCUT2D eigenvalue weighted by molar-refractivity contribution is -0.384. The van der Waals surface area contributed by atoms with Crippen molar-refractivity contribution in [2.45, 2.75) is 32.2 Å². The van der Waals surface area contributed by atoms with E-state index in [-0.39, 0.29) is 11.6 Å². The quantitative estimate of drug-likeness (QED) is 0.502. The van der Waals surface area contributed by atoms with Gasteiger partial charge in [-0.25, -0.2) is 0 Å². The molecule has 0 spiro atoms. The predicted octanol–water partition coefficient (Wildman–Crippen LogP) is 1.99. The van der Waals surface area contributed by atoms with Crippen molar-refractivity contribution in [2.24, 2.45) is 0 Å². The summed E-state index contributed by atoms with van der Waals surface area (Å²) in [6.07, 6.45) is 3.22. The number of non-ortho nitro benzene ring substituents is 1. The number of nitrogens with two attached hydrogens (primary N) is 1. The van der Waals surface area contributed by atoms with Crippen molar-refractivity contribution in [2.75, 3.05) is 24.1 Å². The van der Waals surface area contributed by atoms with E-state index >= 15 is 0 Å². The standard InChI is InChI=1S/C14H20N4O3/c1-10(14(19)17-5-3-2-4-6-17)16-12-7-11(15)8-13(9-12)18(20)21/h7-10,16H,2-6,15H2,1H3. The average Bonchev–Trinajstić information content (AvgIpc) is 2.46. The smallest absolute Gasteiger partial charge is 0.273 e. The normalized spacial score (nSPS) is 16.3. The number of amides is 1. The zero-order valence-electron chi connectivity index (χ0n) is 12.0. The average molecular weight is 292 g/mol. The highest BCUT2D eigenvalue weighted by molar-refractivity contribution is 5.84. The van der Waals surface area contributed by atoms with Crippen molar-refractivity contribution in [1.29, 1.82) is 0 Å². The van der Waals surface area contributed by atoms with Gasteiger partial charge in [-0.2, -0.15) is 0 Å². The second kappa shape index (κ2) is 6.43. The maximum absolute atomic E-state index is 12.3. The summed E-state index contributed by atoms with van der Waals surface area (Å²) in [6.45, 7) is 3.32. The minimum absolute atomic E-state index is 0.0137. The Labute approximate surface area is 123 Å². The van der Waals surface area contributed by atoms with Gasteiger partial charge in [-0.05, 0) is 32.3 Å². The van der Waals surface area contributed by atoms with Gasteiger partial charge in [0.2, 0.25) is 5.91 Å². The molecule has 114 valence electrons. The van der Waals surface area contributed by atoms with E-state index < -0.39 is 11.0 Å². The van der Waals surface area contributed by atoms with E-state index in [0.29, 0.717) is 11.4 Å². The van der Waals surface area contributed by atoms with Gasteiger partial charge < -0.3 is 16.0 Å². The van der Waals surface area contributed by atoms with E-state index in [9.17, 15) is 14.9 Å². The van der Waals surface area contributed by atoms with Crippen LogP contribution in [0.2, 0.25) is 0 Å². The molecule has 0 saturated carbocycles. The molecule has 1 unspecified atom stereocenters. The van der Waals surface area contributed by atoms with Crippen LogP contribution in [-0.2, 0) is 4.79 Å². The van der Waals surface area contributed by atoms with Gasteiger partial charge in [-0.15, -0.1) is 0 Å². The highest BCUT2D eigenvalue weighted by Gasteiger charge is 2.22. The van der Waals surface area contributed by atoms with Crippen LogP contribution in [0.15, 0.2) is 18.2 Å². The number of hydrogen-bond acceptors (Lipinski definition) is 5. The monoisotopic (exact) mass is 292 g/mol. The van der Waals surface area contributed by atoms with Crippen molar-refractivity contribution < 1.29 is 9.72 Å². The Morgan fingerprint density at radius 3 is 2.62 bits per heavy atom. The molecule has 1 atom stereocenters. The maximum atomic E-state index is 12.3.